The summed E-state index contributed by atoms with van der Waals surface area (Å²) in [6.45, 7) is 0.794. The summed E-state index contributed by atoms with van der Waals surface area (Å²) >= 11 is 0. The number of pyridine rings is 1. The summed E-state index contributed by atoms with van der Waals surface area (Å²) in [5.41, 5.74) is 2.84. The molecule has 2 heterocycles. The third kappa shape index (κ3) is 4.19. The smallest absolute Gasteiger partial charge is 0.335 e. The van der Waals surface area contributed by atoms with Crippen LogP contribution < -0.4 is 15.0 Å². The average molecular weight is 389 g/mol. The molecule has 2 amide bonds. The second-order valence-corrected chi connectivity index (χ2v) is 6.64. The molecule has 0 unspecified atom stereocenters. The van der Waals surface area contributed by atoms with E-state index >= 15 is 0 Å². The normalized spacial score (nSPS) is 12.6. The standard InChI is InChI=1S/C22H19N3O4/c26-21(27)17-8-6-15(7-9-17)12-16-13-19-20(23-14-16)25(10-11-29-19)22(28)24-18-4-2-1-3-5-18/h1-9,13-14H,10-12H2,(H,24,28)(H,26,27). The number of carbonyl (C=O) groups is 2. The van der Waals surface area contributed by atoms with E-state index in [1.54, 1.807) is 35.4 Å². The Labute approximate surface area is 167 Å². The second kappa shape index (κ2) is 8.02. The Morgan fingerprint density at radius 1 is 1.07 bits per heavy atom. The molecule has 1 aliphatic heterocycles. The number of nitrogens with one attached hydrogen (secondary N) is 1. The Hall–Kier alpha value is -3.87. The maximum atomic E-state index is 12.7. The number of hydrogen-bond acceptors (Lipinski definition) is 4. The van der Waals surface area contributed by atoms with Crippen molar-refractivity contribution in [2.75, 3.05) is 23.4 Å². The van der Waals surface area contributed by atoms with E-state index in [2.05, 4.69) is 10.3 Å². The highest BCUT2D eigenvalue weighted by Gasteiger charge is 2.25. The second-order valence-electron chi connectivity index (χ2n) is 6.64. The maximum Gasteiger partial charge on any atom is 0.335 e. The van der Waals surface area contributed by atoms with Crippen molar-refractivity contribution in [2.24, 2.45) is 0 Å². The van der Waals surface area contributed by atoms with Crippen molar-refractivity contribution in [2.45, 2.75) is 6.42 Å². The van der Waals surface area contributed by atoms with E-state index in [9.17, 15) is 9.59 Å². The molecule has 2 N–H and O–H groups in total. The van der Waals surface area contributed by atoms with Crippen molar-refractivity contribution in [1.82, 2.24) is 4.98 Å². The zero-order valence-corrected chi connectivity index (χ0v) is 15.5. The lowest BCUT2D eigenvalue weighted by Crippen LogP contribution is -2.41. The number of fused-ring (bicyclic) bond motifs is 1. The van der Waals surface area contributed by atoms with Gasteiger partial charge >= 0.3 is 12.0 Å². The van der Waals surface area contributed by atoms with Gasteiger partial charge in [-0.1, -0.05) is 30.3 Å². The summed E-state index contributed by atoms with van der Waals surface area (Å²) in [6, 6.07) is 17.6. The van der Waals surface area contributed by atoms with E-state index < -0.39 is 5.97 Å². The van der Waals surface area contributed by atoms with Crippen LogP contribution in [0, 0.1) is 0 Å². The highest BCUT2D eigenvalue weighted by atomic mass is 16.5. The molecule has 0 bridgehead atoms. The van der Waals surface area contributed by atoms with Gasteiger partial charge in [0, 0.05) is 11.9 Å². The Kier molecular flexibility index (Phi) is 5.11. The molecule has 0 aliphatic carbocycles. The van der Waals surface area contributed by atoms with Gasteiger partial charge in [0.1, 0.15) is 6.61 Å². The molecule has 29 heavy (non-hydrogen) atoms. The van der Waals surface area contributed by atoms with Crippen molar-refractivity contribution in [3.8, 4) is 5.75 Å². The van der Waals surface area contributed by atoms with Crippen molar-refractivity contribution in [1.29, 1.82) is 0 Å². The number of carboxylic acids is 1. The molecule has 0 fully saturated rings. The number of anilines is 2. The molecule has 3 aromatic rings. The van der Waals surface area contributed by atoms with Gasteiger partial charge in [-0.3, -0.25) is 4.90 Å². The number of benzene rings is 2. The fourth-order valence-corrected chi connectivity index (χ4v) is 3.15. The maximum absolute atomic E-state index is 12.7. The molecule has 2 aromatic carbocycles. The van der Waals surface area contributed by atoms with Crippen LogP contribution in [0.15, 0.2) is 66.9 Å². The van der Waals surface area contributed by atoms with Crippen molar-refractivity contribution >= 4 is 23.5 Å². The van der Waals surface area contributed by atoms with Crippen LogP contribution in [0.4, 0.5) is 16.3 Å². The third-order valence-electron chi connectivity index (χ3n) is 4.60. The lowest BCUT2D eigenvalue weighted by molar-refractivity contribution is 0.0697. The van der Waals surface area contributed by atoms with Crippen molar-refractivity contribution in [3.63, 3.8) is 0 Å². The van der Waals surface area contributed by atoms with Crippen molar-refractivity contribution < 1.29 is 19.4 Å². The molecule has 4 rings (SSSR count). The predicted octanol–water partition coefficient (Wildman–Crippen LogP) is 3.80. The van der Waals surface area contributed by atoms with E-state index in [0.29, 0.717) is 36.8 Å². The first-order valence-electron chi connectivity index (χ1n) is 9.18. The molecular weight excluding hydrogens is 370 g/mol. The van der Waals surface area contributed by atoms with Crippen LogP contribution in [0.1, 0.15) is 21.5 Å². The minimum absolute atomic E-state index is 0.251. The molecule has 7 heteroatoms. The van der Waals surface area contributed by atoms with Crippen LogP contribution >= 0.6 is 0 Å². The zero-order chi connectivity index (χ0) is 20.2. The van der Waals surface area contributed by atoms with Gasteiger partial charge in [-0.25, -0.2) is 14.6 Å². The van der Waals surface area contributed by atoms with E-state index in [0.717, 1.165) is 11.1 Å². The number of aromatic carboxylic acids is 1. The lowest BCUT2D eigenvalue weighted by atomic mass is 10.0. The molecule has 0 atom stereocenters. The Balaban J connectivity index is 1.50. The first-order valence-corrected chi connectivity index (χ1v) is 9.18. The molecule has 7 nitrogen and oxygen atoms in total. The summed E-state index contributed by atoms with van der Waals surface area (Å²) in [5.74, 6) is 0.0862. The molecule has 146 valence electrons. The molecule has 0 radical (unpaired) electrons. The van der Waals surface area contributed by atoms with Crippen LogP contribution in [0.25, 0.3) is 0 Å². The summed E-state index contributed by atoms with van der Waals surface area (Å²) in [4.78, 5) is 29.7. The van der Waals surface area contributed by atoms with E-state index in [1.165, 1.54) is 0 Å². The lowest BCUT2D eigenvalue weighted by Gasteiger charge is -2.28. The fraction of sp³-hybridized carbons (Fsp3) is 0.136. The summed E-state index contributed by atoms with van der Waals surface area (Å²) in [7, 11) is 0. The Bertz CT molecular complexity index is 1040. The van der Waals surface area contributed by atoms with Crippen LogP contribution in [0.3, 0.4) is 0 Å². The highest BCUT2D eigenvalue weighted by molar-refractivity contribution is 6.02. The number of para-hydroxylation sites is 1. The van der Waals surface area contributed by atoms with Crippen LogP contribution in [-0.4, -0.2) is 35.2 Å². The summed E-state index contributed by atoms with van der Waals surface area (Å²) in [6.07, 6.45) is 2.29. The van der Waals surface area contributed by atoms with E-state index in [-0.39, 0.29) is 11.6 Å². The van der Waals surface area contributed by atoms with Gasteiger partial charge in [0.2, 0.25) is 0 Å². The molecule has 1 aromatic heterocycles. The van der Waals surface area contributed by atoms with Crippen LogP contribution in [-0.2, 0) is 6.42 Å². The van der Waals surface area contributed by atoms with Crippen LogP contribution in [0.2, 0.25) is 0 Å². The minimum atomic E-state index is -0.950. The van der Waals surface area contributed by atoms with Crippen molar-refractivity contribution in [3.05, 3.63) is 83.6 Å². The SMILES string of the molecule is O=C(O)c1ccc(Cc2cnc3c(c2)OCCN3C(=O)Nc2ccccc2)cc1. The third-order valence-corrected chi connectivity index (χ3v) is 4.60. The topological polar surface area (TPSA) is 91.8 Å². The quantitative estimate of drug-likeness (QED) is 0.708. The molecular formula is C22H19N3O4. The van der Waals surface area contributed by atoms with Gasteiger partial charge in [-0.2, -0.15) is 0 Å². The van der Waals surface area contributed by atoms with Gasteiger partial charge < -0.3 is 15.2 Å². The van der Waals surface area contributed by atoms with E-state index in [1.807, 2.05) is 36.4 Å². The van der Waals surface area contributed by atoms with Gasteiger partial charge in [0.15, 0.2) is 11.6 Å². The highest BCUT2D eigenvalue weighted by Crippen LogP contribution is 2.31. The molecule has 0 spiro atoms. The largest absolute Gasteiger partial charge is 0.488 e. The zero-order valence-electron chi connectivity index (χ0n) is 15.5. The first-order chi connectivity index (χ1) is 14.1. The van der Waals surface area contributed by atoms with Gasteiger partial charge in [0.05, 0.1) is 12.1 Å². The van der Waals surface area contributed by atoms with E-state index in [4.69, 9.17) is 9.84 Å². The number of carbonyl (C=O) groups excluding carboxylic acids is 1. The summed E-state index contributed by atoms with van der Waals surface area (Å²) in [5, 5.41) is 11.9. The number of carboxylic acid groups (broad SMARTS) is 1. The molecule has 0 saturated heterocycles. The number of urea groups is 1. The number of rotatable bonds is 4. The number of aromatic nitrogens is 1. The number of amides is 2. The average Bonchev–Trinajstić information content (AvgIpc) is 2.74. The first kappa shape index (κ1) is 18.5. The summed E-state index contributed by atoms with van der Waals surface area (Å²) < 4.78 is 5.72. The number of hydrogen-bond donors (Lipinski definition) is 2. The Morgan fingerprint density at radius 2 is 1.83 bits per heavy atom. The Morgan fingerprint density at radius 3 is 2.55 bits per heavy atom. The van der Waals surface area contributed by atoms with Gasteiger partial charge in [-0.15, -0.1) is 0 Å². The van der Waals surface area contributed by atoms with Gasteiger partial charge in [0.25, 0.3) is 0 Å². The fourth-order valence-electron chi connectivity index (χ4n) is 3.15. The monoisotopic (exact) mass is 389 g/mol. The molecule has 1 aliphatic rings. The number of nitrogens with zero attached hydrogens (tertiary/aromatic N) is 2. The van der Waals surface area contributed by atoms with Gasteiger partial charge in [-0.05, 0) is 47.9 Å². The number of ether oxygens (including phenoxy) is 1. The van der Waals surface area contributed by atoms with Crippen LogP contribution in [0.5, 0.6) is 5.75 Å². The molecule has 0 saturated carbocycles. The predicted molar refractivity (Wildman–Crippen MR) is 109 cm³/mol. The minimum Gasteiger partial charge on any atom is -0.488 e.